The molecule has 0 radical (unpaired) electrons. The number of rotatable bonds is 5. The summed E-state index contributed by atoms with van der Waals surface area (Å²) in [5.41, 5.74) is 0. The summed E-state index contributed by atoms with van der Waals surface area (Å²) in [6, 6.07) is 0.104. The van der Waals surface area contributed by atoms with Crippen molar-refractivity contribution in [2.24, 2.45) is 0 Å². The predicted octanol–water partition coefficient (Wildman–Crippen LogP) is 0.143. The van der Waals surface area contributed by atoms with Crippen LogP contribution in [0.1, 0.15) is 19.7 Å². The van der Waals surface area contributed by atoms with E-state index in [1.54, 1.807) is 14.0 Å². The number of carbonyl (C=O) groups is 1. The van der Waals surface area contributed by atoms with Gasteiger partial charge in [0.05, 0.1) is 6.54 Å². The molecule has 0 aliphatic heterocycles. The highest BCUT2D eigenvalue weighted by molar-refractivity contribution is 7.86. The maximum atomic E-state index is 11.1. The van der Waals surface area contributed by atoms with Gasteiger partial charge in [0.1, 0.15) is 11.0 Å². The third-order valence-electron chi connectivity index (χ3n) is 1.84. The van der Waals surface area contributed by atoms with Crippen LogP contribution in [0.4, 0.5) is 6.01 Å². The van der Waals surface area contributed by atoms with Crippen LogP contribution in [0.3, 0.4) is 0 Å². The van der Waals surface area contributed by atoms with Gasteiger partial charge in [0.15, 0.2) is 0 Å². The van der Waals surface area contributed by atoms with Crippen molar-refractivity contribution in [2.75, 3.05) is 17.5 Å². The summed E-state index contributed by atoms with van der Waals surface area (Å²) in [7, 11) is 0.416. The molecule has 0 aromatic carbocycles. The average Bonchev–Trinajstić information content (AvgIpc) is 2.65. The van der Waals surface area contributed by atoms with Gasteiger partial charge < -0.3 is 9.32 Å². The van der Waals surface area contributed by atoms with E-state index in [1.165, 1.54) is 11.8 Å². The third kappa shape index (κ3) is 3.61. The lowest BCUT2D eigenvalue weighted by Crippen LogP contribution is -2.23. The van der Waals surface area contributed by atoms with Crippen LogP contribution >= 0.6 is 0 Å². The van der Waals surface area contributed by atoms with E-state index in [1.807, 2.05) is 0 Å². The van der Waals surface area contributed by atoms with Crippen LogP contribution in [0.25, 0.3) is 0 Å². The Hall–Kier alpha value is -1.44. The van der Waals surface area contributed by atoms with E-state index in [4.69, 9.17) is 4.42 Å². The molecule has 1 atom stereocenters. The third-order valence-corrected chi connectivity index (χ3v) is 2.77. The van der Waals surface area contributed by atoms with Gasteiger partial charge in [-0.3, -0.25) is 9.52 Å². The standard InChI is InChI=1S/C8H14N4O3S/c1-4-16(14)11-8-10-9-7(15-8)5-12(3)6(2)13/h4-5H2,1-3H3,(H,10,11). The van der Waals surface area contributed by atoms with E-state index < -0.39 is 11.0 Å². The smallest absolute Gasteiger partial charge is 0.327 e. The molecule has 1 aromatic heterocycles. The van der Waals surface area contributed by atoms with Crippen LogP contribution in [0.15, 0.2) is 4.42 Å². The van der Waals surface area contributed by atoms with Crippen molar-refractivity contribution in [1.29, 1.82) is 0 Å². The molecule has 0 aliphatic carbocycles. The van der Waals surface area contributed by atoms with Gasteiger partial charge >= 0.3 is 6.01 Å². The molecule has 1 N–H and O–H groups in total. The minimum Gasteiger partial charge on any atom is -0.406 e. The molecule has 1 aromatic rings. The van der Waals surface area contributed by atoms with Crippen molar-refractivity contribution >= 4 is 22.9 Å². The van der Waals surface area contributed by atoms with Crippen molar-refractivity contribution < 1.29 is 13.4 Å². The first kappa shape index (κ1) is 12.6. The highest BCUT2D eigenvalue weighted by Gasteiger charge is 2.11. The Labute approximate surface area is 95.8 Å². The monoisotopic (exact) mass is 246 g/mol. The van der Waals surface area contributed by atoms with E-state index in [2.05, 4.69) is 14.9 Å². The molecule has 16 heavy (non-hydrogen) atoms. The van der Waals surface area contributed by atoms with Crippen molar-refractivity contribution in [2.45, 2.75) is 20.4 Å². The molecule has 0 bridgehead atoms. The van der Waals surface area contributed by atoms with Gasteiger partial charge in [0, 0.05) is 19.7 Å². The van der Waals surface area contributed by atoms with E-state index in [0.29, 0.717) is 11.6 Å². The highest BCUT2D eigenvalue weighted by atomic mass is 32.2. The normalized spacial score (nSPS) is 12.2. The van der Waals surface area contributed by atoms with Crippen LogP contribution in [0, 0.1) is 0 Å². The molecule has 8 heteroatoms. The minimum absolute atomic E-state index is 0.0927. The summed E-state index contributed by atoms with van der Waals surface area (Å²) in [4.78, 5) is 12.4. The largest absolute Gasteiger partial charge is 0.406 e. The molecule has 1 amide bonds. The molecule has 1 heterocycles. The average molecular weight is 246 g/mol. The second-order valence-electron chi connectivity index (χ2n) is 3.11. The Morgan fingerprint density at radius 1 is 1.56 bits per heavy atom. The lowest BCUT2D eigenvalue weighted by molar-refractivity contribution is -0.128. The van der Waals surface area contributed by atoms with Gasteiger partial charge in [-0.05, 0) is 0 Å². The van der Waals surface area contributed by atoms with E-state index in [0.717, 1.165) is 0 Å². The number of nitrogens with one attached hydrogen (secondary N) is 1. The second kappa shape index (κ2) is 5.59. The van der Waals surface area contributed by atoms with Crippen LogP contribution in [-0.2, 0) is 22.3 Å². The first-order valence-corrected chi connectivity index (χ1v) is 6.04. The summed E-state index contributed by atoms with van der Waals surface area (Å²) < 4.78 is 18.8. The number of anilines is 1. The Kier molecular flexibility index (Phi) is 4.41. The fourth-order valence-electron chi connectivity index (χ4n) is 0.843. The van der Waals surface area contributed by atoms with Gasteiger partial charge in [-0.1, -0.05) is 12.0 Å². The zero-order valence-corrected chi connectivity index (χ0v) is 10.2. The summed E-state index contributed by atoms with van der Waals surface area (Å²) in [5, 5.41) is 7.38. The molecule has 7 nitrogen and oxygen atoms in total. The first-order valence-electron chi connectivity index (χ1n) is 4.72. The van der Waals surface area contributed by atoms with Gasteiger partial charge in [0.2, 0.25) is 11.8 Å². The number of hydrogen-bond acceptors (Lipinski definition) is 5. The van der Waals surface area contributed by atoms with Crippen LogP contribution in [-0.4, -0.2) is 38.0 Å². The van der Waals surface area contributed by atoms with Crippen molar-refractivity contribution in [3.05, 3.63) is 5.89 Å². The topological polar surface area (TPSA) is 88.3 Å². The first-order chi connectivity index (χ1) is 7.52. The van der Waals surface area contributed by atoms with Gasteiger partial charge in [-0.25, -0.2) is 4.21 Å². The zero-order chi connectivity index (χ0) is 12.1. The maximum Gasteiger partial charge on any atom is 0.327 e. The van der Waals surface area contributed by atoms with Gasteiger partial charge in [0.25, 0.3) is 0 Å². The molecular formula is C8H14N4O3S. The molecule has 0 saturated carbocycles. The van der Waals surface area contributed by atoms with Crippen molar-refractivity contribution in [3.63, 3.8) is 0 Å². The molecule has 1 unspecified atom stereocenters. The Morgan fingerprint density at radius 3 is 2.81 bits per heavy atom. The van der Waals surface area contributed by atoms with Gasteiger partial charge in [-0.15, -0.1) is 5.10 Å². The quantitative estimate of drug-likeness (QED) is 0.798. The molecule has 0 fully saturated rings. The highest BCUT2D eigenvalue weighted by Crippen LogP contribution is 2.08. The number of aromatic nitrogens is 2. The summed E-state index contributed by atoms with van der Waals surface area (Å²) in [6.45, 7) is 3.45. The van der Waals surface area contributed by atoms with Crippen LogP contribution in [0.2, 0.25) is 0 Å². The van der Waals surface area contributed by atoms with Crippen molar-refractivity contribution in [3.8, 4) is 0 Å². The van der Waals surface area contributed by atoms with E-state index in [-0.39, 0.29) is 18.5 Å². The minimum atomic E-state index is -1.21. The number of carbonyl (C=O) groups excluding carboxylic acids is 1. The summed E-state index contributed by atoms with van der Waals surface area (Å²) in [6.07, 6.45) is 0. The lowest BCUT2D eigenvalue weighted by Gasteiger charge is -2.10. The molecule has 0 spiro atoms. The molecule has 0 saturated heterocycles. The fourth-order valence-corrected chi connectivity index (χ4v) is 1.26. The van der Waals surface area contributed by atoms with Gasteiger partial charge in [-0.2, -0.15) is 0 Å². The molecule has 90 valence electrons. The molecule has 0 aliphatic rings. The van der Waals surface area contributed by atoms with E-state index in [9.17, 15) is 9.00 Å². The summed E-state index contributed by atoms with van der Waals surface area (Å²) >= 11 is 0. The lowest BCUT2D eigenvalue weighted by atomic mass is 10.5. The Morgan fingerprint density at radius 2 is 2.25 bits per heavy atom. The van der Waals surface area contributed by atoms with E-state index >= 15 is 0 Å². The second-order valence-corrected chi connectivity index (χ2v) is 4.58. The number of nitrogens with zero attached hydrogens (tertiary/aromatic N) is 3. The molecule has 1 rings (SSSR count). The number of hydrogen-bond donors (Lipinski definition) is 1. The predicted molar refractivity (Wildman–Crippen MR) is 58.8 cm³/mol. The zero-order valence-electron chi connectivity index (χ0n) is 9.39. The maximum absolute atomic E-state index is 11.1. The van der Waals surface area contributed by atoms with Crippen molar-refractivity contribution in [1.82, 2.24) is 15.1 Å². The summed E-state index contributed by atoms with van der Waals surface area (Å²) in [5.74, 6) is 0.656. The fraction of sp³-hybridized carbons (Fsp3) is 0.625. The molecular weight excluding hydrogens is 232 g/mol. The number of amides is 1. The Balaban J connectivity index is 2.58. The SMILES string of the molecule is CCS(=O)Nc1nnc(CN(C)C(C)=O)o1. The van der Waals surface area contributed by atoms with Crippen LogP contribution < -0.4 is 4.72 Å². The van der Waals surface area contributed by atoms with Crippen LogP contribution in [0.5, 0.6) is 0 Å². The Bertz CT molecular complexity index is 392.